The van der Waals surface area contributed by atoms with E-state index in [4.69, 9.17) is 11.6 Å². The molecule has 2 aromatic heterocycles. The molecule has 1 aliphatic heterocycles. The van der Waals surface area contributed by atoms with Gasteiger partial charge < -0.3 is 4.90 Å². The first-order valence-electron chi connectivity index (χ1n) is 6.78. The van der Waals surface area contributed by atoms with Gasteiger partial charge in [-0.2, -0.15) is 15.0 Å². The maximum Gasteiger partial charge on any atom is 0.241 e. The van der Waals surface area contributed by atoms with Gasteiger partial charge in [0.2, 0.25) is 17.2 Å². The van der Waals surface area contributed by atoms with E-state index in [0.29, 0.717) is 17.8 Å². The summed E-state index contributed by atoms with van der Waals surface area (Å²) in [7, 11) is 0. The highest BCUT2D eigenvalue weighted by atomic mass is 35.5. The lowest BCUT2D eigenvalue weighted by Gasteiger charge is -2.35. The van der Waals surface area contributed by atoms with E-state index in [1.165, 1.54) is 0 Å². The second kappa shape index (κ2) is 5.36. The number of anilines is 1. The SMILES string of the molecule is CC1CCN(c2nc(Cl)nc(-n3ccnc3)n2)CC1C. The number of imidazole rings is 1. The zero-order valence-electron chi connectivity index (χ0n) is 11.6. The van der Waals surface area contributed by atoms with Gasteiger partial charge >= 0.3 is 0 Å². The Kier molecular flexibility index (Phi) is 3.56. The van der Waals surface area contributed by atoms with Crippen molar-refractivity contribution >= 4 is 17.5 Å². The minimum absolute atomic E-state index is 0.213. The van der Waals surface area contributed by atoms with Gasteiger partial charge in [-0.05, 0) is 29.9 Å². The smallest absolute Gasteiger partial charge is 0.241 e. The third-order valence-corrected chi connectivity index (χ3v) is 4.11. The Morgan fingerprint density at radius 2 is 1.95 bits per heavy atom. The van der Waals surface area contributed by atoms with Gasteiger partial charge in [0.15, 0.2) is 0 Å². The van der Waals surface area contributed by atoms with Crippen molar-refractivity contribution in [2.24, 2.45) is 11.8 Å². The van der Waals surface area contributed by atoms with Crippen LogP contribution in [0.25, 0.3) is 5.95 Å². The number of halogens is 1. The summed E-state index contributed by atoms with van der Waals surface area (Å²) in [6.45, 7) is 6.45. The highest BCUT2D eigenvalue weighted by Crippen LogP contribution is 2.25. The summed E-state index contributed by atoms with van der Waals surface area (Å²) >= 11 is 6.03. The summed E-state index contributed by atoms with van der Waals surface area (Å²) in [6, 6.07) is 0. The van der Waals surface area contributed by atoms with Crippen molar-refractivity contribution in [1.29, 1.82) is 0 Å². The van der Waals surface area contributed by atoms with Crippen molar-refractivity contribution in [3.8, 4) is 5.95 Å². The normalized spacial score (nSPS) is 23.1. The first-order chi connectivity index (χ1) is 9.63. The molecule has 0 N–H and O–H groups in total. The summed E-state index contributed by atoms with van der Waals surface area (Å²) < 4.78 is 1.73. The third kappa shape index (κ3) is 2.60. The first kappa shape index (κ1) is 13.3. The number of piperidine rings is 1. The van der Waals surface area contributed by atoms with Gasteiger partial charge in [-0.1, -0.05) is 13.8 Å². The summed E-state index contributed by atoms with van der Waals surface area (Å²) in [6.07, 6.45) is 6.26. The van der Waals surface area contributed by atoms with E-state index in [2.05, 4.69) is 38.7 Å². The fourth-order valence-electron chi connectivity index (χ4n) is 2.41. The van der Waals surface area contributed by atoms with Crippen LogP contribution in [0.5, 0.6) is 0 Å². The van der Waals surface area contributed by atoms with E-state index in [1.807, 2.05) is 0 Å². The van der Waals surface area contributed by atoms with Crippen LogP contribution in [0.3, 0.4) is 0 Å². The minimum Gasteiger partial charge on any atom is -0.340 e. The van der Waals surface area contributed by atoms with Crippen molar-refractivity contribution in [3.05, 3.63) is 24.0 Å². The molecule has 2 aromatic rings. The molecule has 0 saturated carbocycles. The number of hydrogen-bond donors (Lipinski definition) is 0. The Labute approximate surface area is 122 Å². The van der Waals surface area contributed by atoms with Crippen LogP contribution in [-0.2, 0) is 0 Å². The summed E-state index contributed by atoms with van der Waals surface area (Å²) in [5, 5.41) is 0.213. The van der Waals surface area contributed by atoms with Gasteiger partial charge in [0.25, 0.3) is 0 Å². The predicted molar refractivity (Wildman–Crippen MR) is 77.1 cm³/mol. The molecule has 0 radical (unpaired) electrons. The molecule has 1 fully saturated rings. The van der Waals surface area contributed by atoms with Crippen LogP contribution in [0.2, 0.25) is 5.28 Å². The molecule has 0 aromatic carbocycles. The monoisotopic (exact) mass is 292 g/mol. The maximum atomic E-state index is 6.03. The zero-order chi connectivity index (χ0) is 14.1. The van der Waals surface area contributed by atoms with Crippen molar-refractivity contribution in [2.45, 2.75) is 20.3 Å². The quantitative estimate of drug-likeness (QED) is 0.849. The van der Waals surface area contributed by atoms with Crippen LogP contribution in [0.4, 0.5) is 5.95 Å². The number of hydrogen-bond acceptors (Lipinski definition) is 5. The molecule has 1 saturated heterocycles. The zero-order valence-corrected chi connectivity index (χ0v) is 12.3. The Bertz CT molecular complexity index is 585. The molecule has 20 heavy (non-hydrogen) atoms. The predicted octanol–water partition coefficient (Wildman–Crippen LogP) is 2.19. The molecular formula is C13H17ClN6. The largest absolute Gasteiger partial charge is 0.340 e. The highest BCUT2D eigenvalue weighted by Gasteiger charge is 2.25. The van der Waals surface area contributed by atoms with Gasteiger partial charge in [0.1, 0.15) is 6.33 Å². The first-order valence-corrected chi connectivity index (χ1v) is 7.16. The molecule has 2 atom stereocenters. The molecule has 3 rings (SSSR count). The number of aromatic nitrogens is 5. The van der Waals surface area contributed by atoms with E-state index in [9.17, 15) is 0 Å². The minimum atomic E-state index is 0.213. The lowest BCUT2D eigenvalue weighted by atomic mass is 9.89. The fraction of sp³-hybridized carbons (Fsp3) is 0.538. The van der Waals surface area contributed by atoms with Crippen LogP contribution >= 0.6 is 11.6 Å². The van der Waals surface area contributed by atoms with Crippen LogP contribution < -0.4 is 4.90 Å². The van der Waals surface area contributed by atoms with Crippen LogP contribution in [0.15, 0.2) is 18.7 Å². The Balaban J connectivity index is 1.90. The number of rotatable bonds is 2. The summed E-state index contributed by atoms with van der Waals surface area (Å²) in [5.41, 5.74) is 0. The molecule has 2 unspecified atom stereocenters. The molecule has 6 nitrogen and oxygen atoms in total. The molecule has 0 amide bonds. The Hall–Kier alpha value is -1.69. The van der Waals surface area contributed by atoms with Gasteiger partial charge in [-0.25, -0.2) is 4.98 Å². The molecule has 106 valence electrons. The molecule has 0 aliphatic carbocycles. The topological polar surface area (TPSA) is 59.7 Å². The summed E-state index contributed by atoms with van der Waals surface area (Å²) in [4.78, 5) is 19.1. The van der Waals surface area contributed by atoms with Gasteiger partial charge in [-0.3, -0.25) is 4.57 Å². The van der Waals surface area contributed by atoms with E-state index in [1.54, 1.807) is 23.3 Å². The molecule has 0 spiro atoms. The van der Waals surface area contributed by atoms with Crippen molar-refractivity contribution < 1.29 is 0 Å². The van der Waals surface area contributed by atoms with Crippen LogP contribution in [0, 0.1) is 11.8 Å². The lowest BCUT2D eigenvalue weighted by Crippen LogP contribution is -2.39. The molecule has 7 heteroatoms. The van der Waals surface area contributed by atoms with Crippen LogP contribution in [0.1, 0.15) is 20.3 Å². The van der Waals surface area contributed by atoms with E-state index < -0.39 is 0 Å². The second-order valence-electron chi connectivity index (χ2n) is 5.36. The third-order valence-electron chi connectivity index (χ3n) is 3.94. The Morgan fingerprint density at radius 3 is 2.65 bits per heavy atom. The van der Waals surface area contributed by atoms with E-state index in [-0.39, 0.29) is 5.28 Å². The maximum absolute atomic E-state index is 6.03. The Morgan fingerprint density at radius 1 is 1.15 bits per heavy atom. The molecular weight excluding hydrogens is 276 g/mol. The van der Waals surface area contributed by atoms with Gasteiger partial charge in [0, 0.05) is 25.5 Å². The van der Waals surface area contributed by atoms with Gasteiger partial charge in [0.05, 0.1) is 0 Å². The van der Waals surface area contributed by atoms with Crippen molar-refractivity contribution in [1.82, 2.24) is 24.5 Å². The van der Waals surface area contributed by atoms with E-state index >= 15 is 0 Å². The average Bonchev–Trinajstić information content (AvgIpc) is 2.95. The van der Waals surface area contributed by atoms with Crippen molar-refractivity contribution in [2.75, 3.05) is 18.0 Å². The number of nitrogens with zero attached hydrogens (tertiary/aromatic N) is 6. The molecule has 1 aliphatic rings. The second-order valence-corrected chi connectivity index (χ2v) is 5.70. The lowest BCUT2D eigenvalue weighted by molar-refractivity contribution is 0.321. The fourth-order valence-corrected chi connectivity index (χ4v) is 2.56. The average molecular weight is 293 g/mol. The molecule has 3 heterocycles. The highest BCUT2D eigenvalue weighted by molar-refractivity contribution is 6.28. The van der Waals surface area contributed by atoms with Gasteiger partial charge in [-0.15, -0.1) is 0 Å². The van der Waals surface area contributed by atoms with Crippen molar-refractivity contribution in [3.63, 3.8) is 0 Å². The summed E-state index contributed by atoms with van der Waals surface area (Å²) in [5.74, 6) is 2.50. The standard InChI is InChI=1S/C13H17ClN6/c1-9-3-5-19(7-10(9)2)12-16-11(14)17-13(18-12)20-6-4-15-8-20/h4,6,8-10H,3,5,7H2,1-2H3. The van der Waals surface area contributed by atoms with E-state index in [0.717, 1.165) is 25.4 Å². The van der Waals surface area contributed by atoms with Crippen LogP contribution in [-0.4, -0.2) is 37.6 Å². The molecule has 0 bridgehead atoms.